The van der Waals surface area contributed by atoms with Gasteiger partial charge in [0.05, 0.1) is 12.2 Å². The number of amides is 1. The zero-order valence-electron chi connectivity index (χ0n) is 10.8. The Morgan fingerprint density at radius 1 is 1.39 bits per heavy atom. The van der Waals surface area contributed by atoms with Gasteiger partial charge in [-0.2, -0.15) is 0 Å². The molecule has 0 aromatic rings. The molecule has 1 saturated heterocycles. The number of hydrogen-bond acceptors (Lipinski definition) is 3. The first-order valence-corrected chi connectivity index (χ1v) is 7.13. The summed E-state index contributed by atoms with van der Waals surface area (Å²) in [5.41, 5.74) is 0. The molecule has 0 aliphatic carbocycles. The van der Waals surface area contributed by atoms with Crippen LogP contribution >= 0.6 is 34.8 Å². The van der Waals surface area contributed by atoms with E-state index < -0.39 is 9.96 Å². The third-order valence-electron chi connectivity index (χ3n) is 2.74. The van der Waals surface area contributed by atoms with Gasteiger partial charge < -0.3 is 10.1 Å². The molecule has 3 atom stereocenters. The van der Waals surface area contributed by atoms with E-state index in [0.717, 1.165) is 0 Å². The van der Waals surface area contributed by atoms with Crippen molar-refractivity contribution in [3.63, 3.8) is 0 Å². The van der Waals surface area contributed by atoms with E-state index in [4.69, 9.17) is 39.5 Å². The van der Waals surface area contributed by atoms with Crippen LogP contribution in [0.1, 0.15) is 27.2 Å². The van der Waals surface area contributed by atoms with E-state index in [-0.39, 0.29) is 18.1 Å². The Kier molecular flexibility index (Phi) is 6.00. The van der Waals surface area contributed by atoms with Gasteiger partial charge in [0, 0.05) is 19.5 Å². The molecule has 1 N–H and O–H groups in total. The van der Waals surface area contributed by atoms with Gasteiger partial charge in [-0.15, -0.1) is 0 Å². The van der Waals surface area contributed by atoms with E-state index in [1.165, 1.54) is 0 Å². The number of hydrogen-bond donors (Lipinski definition) is 1. The van der Waals surface area contributed by atoms with Crippen LogP contribution in [0.5, 0.6) is 0 Å². The van der Waals surface area contributed by atoms with Crippen LogP contribution in [0, 0.1) is 0 Å². The molecule has 0 bridgehead atoms. The molecule has 0 aromatic carbocycles. The van der Waals surface area contributed by atoms with Gasteiger partial charge in [-0.05, 0) is 13.8 Å². The Labute approximate surface area is 123 Å². The van der Waals surface area contributed by atoms with Gasteiger partial charge in [-0.1, -0.05) is 41.7 Å². The standard InChI is InChI=1S/C11H19Cl3N2O2/c1-4-9(17)15-10(11(12,13)14)16-5-7(2)18-8(3)6-16/h7-8,10H,4-6H2,1-3H3,(H,15,17)/t7-,8-,10+/m0/s1. The zero-order valence-corrected chi connectivity index (χ0v) is 13.0. The van der Waals surface area contributed by atoms with Crippen molar-refractivity contribution < 1.29 is 9.53 Å². The minimum Gasteiger partial charge on any atom is -0.373 e. The van der Waals surface area contributed by atoms with Gasteiger partial charge >= 0.3 is 0 Å². The van der Waals surface area contributed by atoms with E-state index in [1.54, 1.807) is 6.92 Å². The molecule has 1 heterocycles. The molecule has 7 heteroatoms. The van der Waals surface area contributed by atoms with Crippen molar-refractivity contribution in [3.05, 3.63) is 0 Å². The largest absolute Gasteiger partial charge is 0.373 e. The lowest BCUT2D eigenvalue weighted by molar-refractivity contribution is -0.126. The average Bonchev–Trinajstić information content (AvgIpc) is 2.22. The van der Waals surface area contributed by atoms with Crippen LogP contribution in [0.3, 0.4) is 0 Å². The number of ether oxygens (including phenoxy) is 1. The van der Waals surface area contributed by atoms with Crippen LogP contribution in [0.4, 0.5) is 0 Å². The smallest absolute Gasteiger partial charge is 0.223 e. The Morgan fingerprint density at radius 2 is 1.89 bits per heavy atom. The average molecular weight is 318 g/mol. The molecule has 0 unspecified atom stereocenters. The second-order valence-corrected chi connectivity index (χ2v) is 6.95. The molecular weight excluding hydrogens is 298 g/mol. The van der Waals surface area contributed by atoms with Crippen LogP contribution < -0.4 is 5.32 Å². The fourth-order valence-corrected chi connectivity index (χ4v) is 2.64. The fraction of sp³-hybridized carbons (Fsp3) is 0.909. The van der Waals surface area contributed by atoms with Crippen molar-refractivity contribution in [2.75, 3.05) is 13.1 Å². The summed E-state index contributed by atoms with van der Waals surface area (Å²) in [6, 6.07) is 0. The Balaban J connectivity index is 2.79. The van der Waals surface area contributed by atoms with E-state index in [0.29, 0.717) is 19.5 Å². The number of alkyl halides is 3. The summed E-state index contributed by atoms with van der Waals surface area (Å²) in [6.45, 7) is 6.91. The molecule has 18 heavy (non-hydrogen) atoms. The highest BCUT2D eigenvalue weighted by Gasteiger charge is 2.40. The van der Waals surface area contributed by atoms with Gasteiger partial charge in [0.15, 0.2) is 0 Å². The highest BCUT2D eigenvalue weighted by atomic mass is 35.6. The predicted molar refractivity (Wildman–Crippen MR) is 74.1 cm³/mol. The molecule has 106 valence electrons. The number of nitrogens with one attached hydrogen (secondary N) is 1. The Hall–Kier alpha value is 0.260. The number of carbonyl (C=O) groups is 1. The van der Waals surface area contributed by atoms with Crippen LogP contribution in [0.2, 0.25) is 0 Å². The molecule has 1 fully saturated rings. The summed E-state index contributed by atoms with van der Waals surface area (Å²) in [5.74, 6) is -0.141. The number of nitrogens with zero attached hydrogens (tertiary/aromatic N) is 1. The van der Waals surface area contributed by atoms with Crippen molar-refractivity contribution in [3.8, 4) is 0 Å². The summed E-state index contributed by atoms with van der Waals surface area (Å²) in [5, 5.41) is 2.75. The number of rotatable bonds is 3. The number of carbonyl (C=O) groups excluding carboxylic acids is 1. The van der Waals surface area contributed by atoms with Crippen molar-refractivity contribution >= 4 is 40.7 Å². The summed E-state index contributed by atoms with van der Waals surface area (Å²) in [6.07, 6.45) is -0.194. The summed E-state index contributed by atoms with van der Waals surface area (Å²) >= 11 is 17.9. The third-order valence-corrected chi connectivity index (χ3v) is 3.36. The molecule has 1 aliphatic heterocycles. The maximum absolute atomic E-state index is 11.5. The Morgan fingerprint density at radius 3 is 2.28 bits per heavy atom. The molecule has 0 spiro atoms. The van der Waals surface area contributed by atoms with Gasteiger partial charge in [0.25, 0.3) is 0 Å². The maximum atomic E-state index is 11.5. The van der Waals surface area contributed by atoms with E-state index in [1.807, 2.05) is 18.7 Å². The van der Waals surface area contributed by atoms with Crippen molar-refractivity contribution in [1.82, 2.24) is 10.2 Å². The molecule has 1 aliphatic rings. The minimum atomic E-state index is -1.57. The van der Waals surface area contributed by atoms with Crippen molar-refractivity contribution in [1.29, 1.82) is 0 Å². The third kappa shape index (κ3) is 4.74. The summed E-state index contributed by atoms with van der Waals surface area (Å²) in [4.78, 5) is 13.5. The first-order valence-electron chi connectivity index (χ1n) is 5.99. The lowest BCUT2D eigenvalue weighted by atomic mass is 10.2. The molecule has 0 saturated carbocycles. The van der Waals surface area contributed by atoms with Gasteiger partial charge in [-0.3, -0.25) is 9.69 Å². The van der Waals surface area contributed by atoms with Gasteiger partial charge in [0.1, 0.15) is 6.17 Å². The van der Waals surface area contributed by atoms with Crippen molar-refractivity contribution in [2.24, 2.45) is 0 Å². The first kappa shape index (κ1) is 16.3. The van der Waals surface area contributed by atoms with Crippen LogP contribution in [-0.2, 0) is 9.53 Å². The SMILES string of the molecule is CCC(=O)N[C@H](N1C[C@H](C)O[C@@H](C)C1)C(Cl)(Cl)Cl. The maximum Gasteiger partial charge on any atom is 0.223 e. The summed E-state index contributed by atoms with van der Waals surface area (Å²) in [7, 11) is 0. The molecule has 1 rings (SSSR count). The molecule has 4 nitrogen and oxygen atoms in total. The van der Waals surface area contributed by atoms with Gasteiger partial charge in [-0.25, -0.2) is 0 Å². The van der Waals surface area contributed by atoms with Gasteiger partial charge in [0.2, 0.25) is 9.70 Å². The predicted octanol–water partition coefficient (Wildman–Crippen LogP) is 2.32. The normalized spacial score (nSPS) is 27.9. The topological polar surface area (TPSA) is 41.6 Å². The van der Waals surface area contributed by atoms with Crippen LogP contribution in [0.15, 0.2) is 0 Å². The monoisotopic (exact) mass is 316 g/mol. The number of morpholine rings is 1. The second kappa shape index (κ2) is 6.62. The zero-order chi connectivity index (χ0) is 13.9. The highest BCUT2D eigenvalue weighted by Crippen LogP contribution is 2.33. The Bertz CT molecular complexity index is 287. The molecule has 1 amide bonds. The summed E-state index contributed by atoms with van der Waals surface area (Å²) < 4.78 is 4.06. The highest BCUT2D eigenvalue weighted by molar-refractivity contribution is 6.68. The molecular formula is C11H19Cl3N2O2. The minimum absolute atomic E-state index is 0.0436. The molecule has 0 aromatic heterocycles. The van der Waals surface area contributed by atoms with E-state index >= 15 is 0 Å². The quantitative estimate of drug-likeness (QED) is 0.812. The first-order chi connectivity index (χ1) is 8.24. The van der Waals surface area contributed by atoms with E-state index in [2.05, 4.69) is 5.32 Å². The fourth-order valence-electron chi connectivity index (χ4n) is 2.06. The van der Waals surface area contributed by atoms with Crippen LogP contribution in [0.25, 0.3) is 0 Å². The lowest BCUT2D eigenvalue weighted by Crippen LogP contribution is -2.60. The van der Waals surface area contributed by atoms with E-state index in [9.17, 15) is 4.79 Å². The van der Waals surface area contributed by atoms with Crippen molar-refractivity contribution in [2.45, 2.75) is 49.4 Å². The number of halogens is 3. The second-order valence-electron chi connectivity index (χ2n) is 4.58. The lowest BCUT2D eigenvalue weighted by Gasteiger charge is -2.42. The molecule has 0 radical (unpaired) electrons. The van der Waals surface area contributed by atoms with Crippen LogP contribution in [-0.4, -0.2) is 46.1 Å².